The molecule has 0 heterocycles. The lowest BCUT2D eigenvalue weighted by Gasteiger charge is -2.21. The van der Waals surface area contributed by atoms with E-state index in [1.165, 1.54) is 6.92 Å². The Morgan fingerprint density at radius 1 is 1.40 bits per heavy atom. The lowest BCUT2D eigenvalue weighted by molar-refractivity contribution is -0.127. The monoisotopic (exact) mass is 278 g/mol. The zero-order valence-corrected chi connectivity index (χ0v) is 12.4. The first kappa shape index (κ1) is 16.2. The number of hydrogen-bond acceptors (Lipinski definition) is 4. The summed E-state index contributed by atoms with van der Waals surface area (Å²) in [6.45, 7) is 7.16. The number of rotatable bonds is 6. The average molecular weight is 278 g/mol. The van der Waals surface area contributed by atoms with Crippen LogP contribution in [0.2, 0.25) is 0 Å². The van der Waals surface area contributed by atoms with E-state index in [1.807, 2.05) is 13.8 Å². The van der Waals surface area contributed by atoms with Crippen LogP contribution in [0.3, 0.4) is 0 Å². The van der Waals surface area contributed by atoms with E-state index < -0.39 is 11.6 Å². The van der Waals surface area contributed by atoms with Crippen molar-refractivity contribution in [3.8, 4) is 5.75 Å². The summed E-state index contributed by atoms with van der Waals surface area (Å²) in [6, 6.07) is 6.76. The summed E-state index contributed by atoms with van der Waals surface area (Å²) in [5.41, 5.74) is 5.88. The Morgan fingerprint density at radius 3 is 2.60 bits per heavy atom. The van der Waals surface area contributed by atoms with Crippen molar-refractivity contribution in [2.24, 2.45) is 5.73 Å². The van der Waals surface area contributed by atoms with Crippen molar-refractivity contribution >= 4 is 11.7 Å². The Balaban J connectivity index is 2.61. The number of Topliss-reactive ketones (excluding diaryl/α,β-unsaturated/α-hetero) is 1. The number of ether oxygens (including phenoxy) is 1. The molecule has 110 valence electrons. The van der Waals surface area contributed by atoms with Gasteiger partial charge in [-0.2, -0.15) is 0 Å². The maximum Gasteiger partial charge on any atom is 0.260 e. The van der Waals surface area contributed by atoms with Crippen LogP contribution in [0.5, 0.6) is 5.75 Å². The molecule has 0 aliphatic rings. The van der Waals surface area contributed by atoms with Crippen LogP contribution in [0, 0.1) is 0 Å². The highest BCUT2D eigenvalue weighted by Gasteiger charge is 2.18. The van der Waals surface area contributed by atoms with Crippen LogP contribution in [0.15, 0.2) is 24.3 Å². The Kier molecular flexibility index (Phi) is 5.27. The van der Waals surface area contributed by atoms with Crippen LogP contribution in [-0.2, 0) is 4.79 Å². The second-order valence-electron chi connectivity index (χ2n) is 5.55. The molecule has 1 rings (SSSR count). The molecule has 3 N–H and O–H groups in total. The highest BCUT2D eigenvalue weighted by atomic mass is 16.5. The molecule has 5 heteroatoms. The summed E-state index contributed by atoms with van der Waals surface area (Å²) in [6.07, 6.45) is -0.653. The number of nitrogens with two attached hydrogens (primary N) is 1. The van der Waals surface area contributed by atoms with Crippen LogP contribution >= 0.6 is 0 Å². The third-order valence-corrected chi connectivity index (χ3v) is 2.64. The van der Waals surface area contributed by atoms with Crippen LogP contribution in [0.4, 0.5) is 0 Å². The van der Waals surface area contributed by atoms with Crippen molar-refractivity contribution in [1.82, 2.24) is 5.32 Å². The van der Waals surface area contributed by atoms with Gasteiger partial charge < -0.3 is 15.8 Å². The quantitative estimate of drug-likeness (QED) is 0.773. The molecule has 0 saturated carbocycles. The Labute approximate surface area is 119 Å². The first-order chi connectivity index (χ1) is 9.19. The van der Waals surface area contributed by atoms with Gasteiger partial charge in [0, 0.05) is 17.6 Å². The molecular formula is C15H22N2O3. The van der Waals surface area contributed by atoms with E-state index in [4.69, 9.17) is 10.5 Å². The predicted octanol–water partition coefficient (Wildman–Crippen LogP) is 1.51. The fourth-order valence-corrected chi connectivity index (χ4v) is 1.50. The van der Waals surface area contributed by atoms with Gasteiger partial charge in [-0.3, -0.25) is 9.59 Å². The summed E-state index contributed by atoms with van der Waals surface area (Å²) >= 11 is 0. The van der Waals surface area contributed by atoms with Gasteiger partial charge in [0.25, 0.3) is 5.91 Å². The van der Waals surface area contributed by atoms with Gasteiger partial charge in [-0.25, -0.2) is 0 Å². The summed E-state index contributed by atoms with van der Waals surface area (Å²) < 4.78 is 5.53. The van der Waals surface area contributed by atoms with Crippen LogP contribution < -0.4 is 15.8 Å². The topological polar surface area (TPSA) is 81.4 Å². The maximum absolute atomic E-state index is 11.9. The van der Waals surface area contributed by atoms with Crippen molar-refractivity contribution in [3.63, 3.8) is 0 Å². The van der Waals surface area contributed by atoms with E-state index in [9.17, 15) is 9.59 Å². The van der Waals surface area contributed by atoms with Gasteiger partial charge in [-0.05, 0) is 39.8 Å². The van der Waals surface area contributed by atoms with Crippen molar-refractivity contribution < 1.29 is 14.3 Å². The van der Waals surface area contributed by atoms with Gasteiger partial charge in [0.1, 0.15) is 5.75 Å². The second kappa shape index (κ2) is 6.52. The number of hydrogen-bond donors (Lipinski definition) is 2. The number of carbonyl (C=O) groups is 2. The fraction of sp³-hybridized carbons (Fsp3) is 0.467. The third kappa shape index (κ3) is 5.40. The maximum atomic E-state index is 11.9. The molecule has 0 aromatic heterocycles. The highest BCUT2D eigenvalue weighted by molar-refractivity contribution is 5.94. The summed E-state index contributed by atoms with van der Waals surface area (Å²) in [7, 11) is 0. The number of ketones is 1. The van der Waals surface area contributed by atoms with E-state index >= 15 is 0 Å². The molecular weight excluding hydrogens is 256 g/mol. The van der Waals surface area contributed by atoms with Crippen LogP contribution in [0.1, 0.15) is 38.1 Å². The van der Waals surface area contributed by atoms with Crippen LogP contribution in [-0.4, -0.2) is 29.9 Å². The van der Waals surface area contributed by atoms with E-state index in [0.29, 0.717) is 17.9 Å². The van der Waals surface area contributed by atoms with Gasteiger partial charge in [0.2, 0.25) is 0 Å². The second-order valence-corrected chi connectivity index (χ2v) is 5.55. The number of amides is 1. The molecule has 1 unspecified atom stereocenters. The Bertz CT molecular complexity index is 492. The number of carbonyl (C=O) groups excluding carboxylic acids is 2. The van der Waals surface area contributed by atoms with Crippen LogP contribution in [0.25, 0.3) is 0 Å². The van der Waals surface area contributed by atoms with Gasteiger partial charge in [-0.1, -0.05) is 12.1 Å². The van der Waals surface area contributed by atoms with Crippen molar-refractivity contribution in [2.45, 2.75) is 39.3 Å². The molecule has 20 heavy (non-hydrogen) atoms. The number of benzene rings is 1. The summed E-state index contributed by atoms with van der Waals surface area (Å²) in [4.78, 5) is 23.1. The van der Waals surface area contributed by atoms with Gasteiger partial charge in [0.15, 0.2) is 11.9 Å². The first-order valence-electron chi connectivity index (χ1n) is 6.53. The predicted molar refractivity (Wildman–Crippen MR) is 77.8 cm³/mol. The molecule has 0 fully saturated rings. The van der Waals surface area contributed by atoms with E-state index in [-0.39, 0.29) is 11.7 Å². The minimum Gasteiger partial charge on any atom is -0.481 e. The first-order valence-corrected chi connectivity index (χ1v) is 6.53. The average Bonchev–Trinajstić information content (AvgIpc) is 2.35. The molecule has 0 aliphatic heterocycles. The minimum atomic E-state index is -0.653. The van der Waals surface area contributed by atoms with E-state index in [1.54, 1.807) is 31.2 Å². The normalized spacial score (nSPS) is 12.7. The standard InChI is InChI=1S/C15H22N2O3/c1-10(18)12-6-5-7-13(8-12)20-11(2)14(19)17-9-15(3,4)16/h5-8,11H,9,16H2,1-4H3,(H,17,19). The molecule has 5 nitrogen and oxygen atoms in total. The minimum absolute atomic E-state index is 0.0440. The molecule has 0 aliphatic carbocycles. The lowest BCUT2D eigenvalue weighted by atomic mass is 10.1. The zero-order chi connectivity index (χ0) is 15.3. The molecule has 0 saturated heterocycles. The van der Waals surface area contributed by atoms with Gasteiger partial charge in [0.05, 0.1) is 0 Å². The lowest BCUT2D eigenvalue weighted by Crippen LogP contribution is -2.48. The van der Waals surface area contributed by atoms with Crippen molar-refractivity contribution in [1.29, 1.82) is 0 Å². The largest absolute Gasteiger partial charge is 0.481 e. The molecule has 1 aromatic rings. The molecule has 0 bridgehead atoms. The van der Waals surface area contributed by atoms with E-state index in [2.05, 4.69) is 5.32 Å². The third-order valence-electron chi connectivity index (χ3n) is 2.64. The van der Waals surface area contributed by atoms with Crippen molar-refractivity contribution in [3.05, 3.63) is 29.8 Å². The van der Waals surface area contributed by atoms with Gasteiger partial charge >= 0.3 is 0 Å². The molecule has 0 spiro atoms. The Morgan fingerprint density at radius 2 is 2.05 bits per heavy atom. The molecule has 0 radical (unpaired) electrons. The smallest absolute Gasteiger partial charge is 0.260 e. The van der Waals surface area contributed by atoms with Crippen molar-refractivity contribution in [2.75, 3.05) is 6.54 Å². The SMILES string of the molecule is CC(=O)c1cccc(OC(C)C(=O)NCC(C)(C)N)c1. The molecule has 1 aromatic carbocycles. The zero-order valence-electron chi connectivity index (χ0n) is 12.4. The Hall–Kier alpha value is -1.88. The molecule has 1 atom stereocenters. The number of nitrogens with one attached hydrogen (secondary N) is 1. The molecule has 1 amide bonds. The highest BCUT2D eigenvalue weighted by Crippen LogP contribution is 2.15. The fourth-order valence-electron chi connectivity index (χ4n) is 1.50. The van der Waals surface area contributed by atoms with E-state index in [0.717, 1.165) is 0 Å². The van der Waals surface area contributed by atoms with Gasteiger partial charge in [-0.15, -0.1) is 0 Å². The summed E-state index contributed by atoms with van der Waals surface area (Å²) in [5.74, 6) is 0.210. The summed E-state index contributed by atoms with van der Waals surface area (Å²) in [5, 5.41) is 2.72.